The molecular weight excluding hydrogens is 372 g/mol. The summed E-state index contributed by atoms with van der Waals surface area (Å²) >= 11 is 5.94. The van der Waals surface area contributed by atoms with Crippen LogP contribution < -0.4 is 5.32 Å². The molecule has 0 aromatic heterocycles. The smallest absolute Gasteiger partial charge is 0.319 e. The van der Waals surface area contributed by atoms with Gasteiger partial charge in [-0.2, -0.15) is 0 Å². The number of hydrogen-bond donors (Lipinski definition) is 1. The zero-order valence-corrected chi connectivity index (χ0v) is 15.9. The van der Waals surface area contributed by atoms with Gasteiger partial charge in [0.05, 0.1) is 6.54 Å². The highest BCUT2D eigenvalue weighted by atomic mass is 35.5. The maximum absolute atomic E-state index is 13.5. The molecule has 3 aromatic carbocycles. The topological polar surface area (TPSA) is 49.4 Å². The first-order valence-corrected chi connectivity index (χ1v) is 9.44. The second kappa shape index (κ2) is 7.49. The predicted octanol–water partition coefficient (Wildman–Crippen LogP) is 4.53. The van der Waals surface area contributed by atoms with E-state index in [2.05, 4.69) is 5.32 Å². The monoisotopic (exact) mass is 390 g/mol. The Labute approximate surface area is 168 Å². The van der Waals surface area contributed by atoms with Crippen molar-refractivity contribution in [3.63, 3.8) is 0 Å². The largest absolute Gasteiger partial charge is 0.325 e. The Hall–Kier alpha value is -3.11. The van der Waals surface area contributed by atoms with Crippen LogP contribution in [0.5, 0.6) is 0 Å². The molecule has 0 unspecified atom stereocenters. The zero-order valence-electron chi connectivity index (χ0n) is 15.1. The third kappa shape index (κ3) is 3.39. The van der Waals surface area contributed by atoms with E-state index in [4.69, 9.17) is 11.6 Å². The molecule has 140 valence electrons. The molecule has 1 aliphatic rings. The molecule has 0 spiro atoms. The molecule has 0 bridgehead atoms. The van der Waals surface area contributed by atoms with E-state index in [1.165, 1.54) is 4.90 Å². The minimum Gasteiger partial charge on any atom is -0.319 e. The van der Waals surface area contributed by atoms with Crippen LogP contribution in [-0.4, -0.2) is 16.8 Å². The summed E-state index contributed by atoms with van der Waals surface area (Å²) in [4.78, 5) is 27.6. The molecule has 1 heterocycles. The van der Waals surface area contributed by atoms with E-state index in [-0.39, 0.29) is 18.5 Å². The third-order valence-corrected chi connectivity index (χ3v) is 5.26. The Morgan fingerprint density at radius 3 is 2.04 bits per heavy atom. The van der Waals surface area contributed by atoms with Gasteiger partial charge in [0.1, 0.15) is 0 Å². The van der Waals surface area contributed by atoms with Crippen LogP contribution >= 0.6 is 11.6 Å². The number of carbonyl (C=O) groups excluding carboxylic acids is 2. The fourth-order valence-corrected chi connectivity index (χ4v) is 3.71. The first-order valence-electron chi connectivity index (χ1n) is 9.06. The lowest BCUT2D eigenvalue weighted by atomic mass is 9.83. The second-order valence-electron chi connectivity index (χ2n) is 6.88. The van der Waals surface area contributed by atoms with Crippen molar-refractivity contribution in [2.24, 2.45) is 0 Å². The number of nitrogens with zero attached hydrogens (tertiary/aromatic N) is 1. The van der Waals surface area contributed by atoms with Gasteiger partial charge in [-0.1, -0.05) is 84.4 Å². The summed E-state index contributed by atoms with van der Waals surface area (Å²) in [6, 6.07) is 25.9. The van der Waals surface area contributed by atoms with Crippen LogP contribution in [0, 0.1) is 0 Å². The Kier molecular flexibility index (Phi) is 4.88. The molecule has 0 radical (unpaired) electrons. The molecule has 1 fully saturated rings. The summed E-state index contributed by atoms with van der Waals surface area (Å²) in [5.74, 6) is -0.248. The molecule has 5 heteroatoms. The first-order chi connectivity index (χ1) is 13.6. The lowest BCUT2D eigenvalue weighted by Gasteiger charge is -2.27. The van der Waals surface area contributed by atoms with Gasteiger partial charge in [0.2, 0.25) is 0 Å². The Balaban J connectivity index is 1.71. The van der Waals surface area contributed by atoms with Gasteiger partial charge in [-0.25, -0.2) is 4.79 Å². The van der Waals surface area contributed by atoms with Crippen molar-refractivity contribution >= 4 is 23.5 Å². The van der Waals surface area contributed by atoms with Crippen molar-refractivity contribution in [3.8, 4) is 0 Å². The molecule has 28 heavy (non-hydrogen) atoms. The van der Waals surface area contributed by atoms with E-state index in [0.29, 0.717) is 11.4 Å². The minimum absolute atomic E-state index is 0.200. The average Bonchev–Trinajstić information content (AvgIpc) is 2.96. The maximum atomic E-state index is 13.5. The number of amides is 3. The average molecular weight is 391 g/mol. The standard InChI is InChI=1S/C23H19ClN2O2/c24-20-13-11-18(12-14-20)16-26-21(27)23(25-22(26)28,19-9-5-2-6-10-19)15-17-7-3-1-4-8-17/h1-14H,15-16H2,(H,25,28)/t23-/m0/s1. The van der Waals surface area contributed by atoms with Crippen molar-refractivity contribution in [2.45, 2.75) is 18.5 Å². The van der Waals surface area contributed by atoms with E-state index in [1.807, 2.05) is 72.8 Å². The molecule has 3 amide bonds. The van der Waals surface area contributed by atoms with Gasteiger partial charge in [0.15, 0.2) is 5.54 Å². The van der Waals surface area contributed by atoms with Crippen LogP contribution in [-0.2, 0) is 23.3 Å². The van der Waals surface area contributed by atoms with Crippen molar-refractivity contribution in [3.05, 3.63) is 107 Å². The SMILES string of the molecule is O=C1N[C@@](Cc2ccccc2)(c2ccccc2)C(=O)N1Cc1ccc(Cl)cc1. The highest BCUT2D eigenvalue weighted by Gasteiger charge is 2.52. The normalized spacial score (nSPS) is 19.0. The lowest BCUT2D eigenvalue weighted by Crippen LogP contribution is -2.46. The molecule has 3 aromatic rings. The summed E-state index contributed by atoms with van der Waals surface area (Å²) in [6.07, 6.45) is 0.388. The van der Waals surface area contributed by atoms with Gasteiger partial charge in [0.25, 0.3) is 5.91 Å². The second-order valence-corrected chi connectivity index (χ2v) is 7.32. The number of hydrogen-bond acceptors (Lipinski definition) is 2. The summed E-state index contributed by atoms with van der Waals surface area (Å²) in [5, 5.41) is 3.59. The van der Waals surface area contributed by atoms with Gasteiger partial charge < -0.3 is 5.32 Å². The fraction of sp³-hybridized carbons (Fsp3) is 0.130. The molecule has 1 aliphatic heterocycles. The van der Waals surface area contributed by atoms with Crippen molar-refractivity contribution in [2.75, 3.05) is 0 Å². The first kappa shape index (κ1) is 18.3. The Morgan fingerprint density at radius 2 is 1.39 bits per heavy atom. The van der Waals surface area contributed by atoms with Gasteiger partial charge in [0, 0.05) is 11.4 Å². The fourth-order valence-electron chi connectivity index (χ4n) is 3.58. The quantitative estimate of drug-likeness (QED) is 0.650. The highest BCUT2D eigenvalue weighted by molar-refractivity contribution is 6.30. The Morgan fingerprint density at radius 1 is 0.786 bits per heavy atom. The highest BCUT2D eigenvalue weighted by Crippen LogP contribution is 2.33. The van der Waals surface area contributed by atoms with Crippen LogP contribution in [0.25, 0.3) is 0 Å². The summed E-state index contributed by atoms with van der Waals surface area (Å²) in [5.41, 5.74) is 1.48. The molecule has 1 N–H and O–H groups in total. The Bertz CT molecular complexity index is 990. The summed E-state index contributed by atoms with van der Waals surface area (Å²) < 4.78 is 0. The summed E-state index contributed by atoms with van der Waals surface area (Å²) in [6.45, 7) is 0.200. The van der Waals surface area contributed by atoms with Gasteiger partial charge >= 0.3 is 6.03 Å². The number of imide groups is 1. The number of nitrogens with one attached hydrogen (secondary N) is 1. The van der Waals surface area contributed by atoms with Crippen LogP contribution in [0.1, 0.15) is 16.7 Å². The van der Waals surface area contributed by atoms with Crippen molar-refractivity contribution in [1.82, 2.24) is 10.2 Å². The van der Waals surface area contributed by atoms with E-state index in [9.17, 15) is 9.59 Å². The molecular formula is C23H19ClN2O2. The predicted molar refractivity (Wildman–Crippen MR) is 109 cm³/mol. The van der Waals surface area contributed by atoms with Crippen LogP contribution in [0.2, 0.25) is 5.02 Å². The van der Waals surface area contributed by atoms with Gasteiger partial charge in [-0.3, -0.25) is 9.69 Å². The van der Waals surface area contributed by atoms with Crippen LogP contribution in [0.3, 0.4) is 0 Å². The molecule has 4 nitrogen and oxygen atoms in total. The molecule has 0 saturated carbocycles. The number of carbonyl (C=O) groups is 2. The van der Waals surface area contributed by atoms with Crippen molar-refractivity contribution in [1.29, 1.82) is 0 Å². The number of benzene rings is 3. The van der Waals surface area contributed by atoms with Crippen molar-refractivity contribution < 1.29 is 9.59 Å². The van der Waals surface area contributed by atoms with E-state index in [0.717, 1.165) is 16.7 Å². The third-order valence-electron chi connectivity index (χ3n) is 5.01. The molecule has 1 atom stereocenters. The number of urea groups is 1. The van der Waals surface area contributed by atoms with Crippen LogP contribution in [0.4, 0.5) is 4.79 Å². The minimum atomic E-state index is -1.12. The molecule has 1 saturated heterocycles. The van der Waals surface area contributed by atoms with Gasteiger partial charge in [-0.05, 0) is 28.8 Å². The zero-order chi connectivity index (χ0) is 19.6. The molecule has 4 rings (SSSR count). The van der Waals surface area contributed by atoms with Gasteiger partial charge in [-0.15, -0.1) is 0 Å². The van der Waals surface area contributed by atoms with E-state index < -0.39 is 5.54 Å². The van der Waals surface area contributed by atoms with Crippen LogP contribution in [0.15, 0.2) is 84.9 Å². The number of rotatable bonds is 5. The number of halogens is 1. The summed E-state index contributed by atoms with van der Waals surface area (Å²) in [7, 11) is 0. The lowest BCUT2D eigenvalue weighted by molar-refractivity contribution is -0.132. The molecule has 0 aliphatic carbocycles. The van der Waals surface area contributed by atoms with E-state index in [1.54, 1.807) is 12.1 Å². The van der Waals surface area contributed by atoms with E-state index >= 15 is 0 Å². The maximum Gasteiger partial charge on any atom is 0.325 e.